The molecule has 1 aromatic rings. The molecular formula is C15H18O4. The first kappa shape index (κ1) is 13.6. The summed E-state index contributed by atoms with van der Waals surface area (Å²) in [5, 5.41) is 0. The zero-order valence-electron chi connectivity index (χ0n) is 11.2. The Morgan fingerprint density at radius 1 is 1.32 bits per heavy atom. The van der Waals surface area contributed by atoms with Gasteiger partial charge >= 0.3 is 5.97 Å². The molecule has 1 aliphatic rings. The van der Waals surface area contributed by atoms with Crippen LogP contribution in [0.2, 0.25) is 0 Å². The van der Waals surface area contributed by atoms with Crippen LogP contribution >= 0.6 is 0 Å². The monoisotopic (exact) mass is 262 g/mol. The number of carbonyl (C=O) groups excluding carboxylic acids is 2. The summed E-state index contributed by atoms with van der Waals surface area (Å²) in [5.74, 6) is 0.0150. The van der Waals surface area contributed by atoms with Crippen molar-refractivity contribution >= 4 is 11.8 Å². The van der Waals surface area contributed by atoms with Gasteiger partial charge in [-0.3, -0.25) is 9.59 Å². The predicted octanol–water partition coefficient (Wildman–Crippen LogP) is 2.32. The molecule has 0 N–H and O–H groups in total. The number of rotatable bonds is 4. The van der Waals surface area contributed by atoms with Gasteiger partial charge in [-0.25, -0.2) is 0 Å². The Balaban J connectivity index is 2.30. The molecule has 102 valence electrons. The lowest BCUT2D eigenvalue weighted by atomic mass is 9.88. The summed E-state index contributed by atoms with van der Waals surface area (Å²) in [5.41, 5.74) is 0.911. The Morgan fingerprint density at radius 3 is 2.74 bits per heavy atom. The SMILES string of the molecule is CCOC(=O)[C@H]1CC(=O)CC1c1ccccc1OC. The van der Waals surface area contributed by atoms with Crippen molar-refractivity contribution in [3.8, 4) is 5.75 Å². The largest absolute Gasteiger partial charge is 0.496 e. The highest BCUT2D eigenvalue weighted by Gasteiger charge is 2.40. The van der Waals surface area contributed by atoms with Crippen LogP contribution in [-0.4, -0.2) is 25.5 Å². The van der Waals surface area contributed by atoms with Gasteiger partial charge in [0.15, 0.2) is 0 Å². The number of ether oxygens (including phenoxy) is 2. The van der Waals surface area contributed by atoms with Crippen LogP contribution in [0.1, 0.15) is 31.2 Å². The minimum Gasteiger partial charge on any atom is -0.496 e. The molecule has 0 aliphatic heterocycles. The van der Waals surface area contributed by atoms with Crippen molar-refractivity contribution in [2.45, 2.75) is 25.7 Å². The second kappa shape index (κ2) is 5.87. The molecule has 1 saturated carbocycles. The highest BCUT2D eigenvalue weighted by Crippen LogP contribution is 2.41. The normalized spacial score (nSPS) is 22.3. The van der Waals surface area contributed by atoms with Crippen molar-refractivity contribution < 1.29 is 19.1 Å². The van der Waals surface area contributed by atoms with Crippen LogP contribution in [0, 0.1) is 5.92 Å². The lowest BCUT2D eigenvalue weighted by Gasteiger charge is -2.19. The van der Waals surface area contributed by atoms with Gasteiger partial charge < -0.3 is 9.47 Å². The van der Waals surface area contributed by atoms with Crippen molar-refractivity contribution in [2.24, 2.45) is 5.92 Å². The van der Waals surface area contributed by atoms with E-state index in [1.165, 1.54) is 0 Å². The van der Waals surface area contributed by atoms with Gasteiger partial charge in [-0.05, 0) is 18.6 Å². The summed E-state index contributed by atoms with van der Waals surface area (Å²) in [7, 11) is 1.59. The molecule has 1 aliphatic carbocycles. The molecule has 1 aromatic carbocycles. The Kier molecular flexibility index (Phi) is 4.20. The van der Waals surface area contributed by atoms with Crippen LogP contribution < -0.4 is 4.74 Å². The minimum absolute atomic E-state index is 0.106. The molecule has 1 fully saturated rings. The van der Waals surface area contributed by atoms with Crippen molar-refractivity contribution in [3.05, 3.63) is 29.8 Å². The van der Waals surface area contributed by atoms with E-state index in [2.05, 4.69) is 0 Å². The lowest BCUT2D eigenvalue weighted by Crippen LogP contribution is -2.20. The third kappa shape index (κ3) is 2.78. The van der Waals surface area contributed by atoms with Crippen molar-refractivity contribution in [1.29, 1.82) is 0 Å². The van der Waals surface area contributed by atoms with Gasteiger partial charge in [0.2, 0.25) is 0 Å². The Bertz CT molecular complexity index is 481. The first-order valence-corrected chi connectivity index (χ1v) is 6.48. The van der Waals surface area contributed by atoms with E-state index in [-0.39, 0.29) is 30.0 Å². The summed E-state index contributed by atoms with van der Waals surface area (Å²) in [6.45, 7) is 2.11. The maximum Gasteiger partial charge on any atom is 0.310 e. The number of esters is 1. The van der Waals surface area contributed by atoms with Crippen molar-refractivity contribution in [3.63, 3.8) is 0 Å². The Morgan fingerprint density at radius 2 is 2.05 bits per heavy atom. The van der Waals surface area contributed by atoms with Gasteiger partial charge in [-0.15, -0.1) is 0 Å². The van der Waals surface area contributed by atoms with Crippen LogP contribution in [0.4, 0.5) is 0 Å². The number of para-hydroxylation sites is 1. The van der Waals surface area contributed by atoms with E-state index in [4.69, 9.17) is 9.47 Å². The van der Waals surface area contributed by atoms with E-state index < -0.39 is 0 Å². The molecule has 4 nitrogen and oxygen atoms in total. The van der Waals surface area contributed by atoms with Gasteiger partial charge in [-0.2, -0.15) is 0 Å². The molecule has 1 unspecified atom stereocenters. The molecule has 0 aromatic heterocycles. The molecule has 19 heavy (non-hydrogen) atoms. The van der Waals surface area contributed by atoms with E-state index in [0.717, 1.165) is 11.3 Å². The predicted molar refractivity (Wildman–Crippen MR) is 70.1 cm³/mol. The van der Waals surface area contributed by atoms with Crippen LogP contribution in [0.3, 0.4) is 0 Å². The van der Waals surface area contributed by atoms with Crippen LogP contribution in [0.5, 0.6) is 5.75 Å². The van der Waals surface area contributed by atoms with Gasteiger partial charge in [0, 0.05) is 18.8 Å². The number of hydrogen-bond acceptors (Lipinski definition) is 4. The number of carbonyl (C=O) groups is 2. The molecular weight excluding hydrogens is 244 g/mol. The topological polar surface area (TPSA) is 52.6 Å². The molecule has 2 rings (SSSR count). The fourth-order valence-electron chi connectivity index (χ4n) is 2.65. The van der Waals surface area contributed by atoms with E-state index in [0.29, 0.717) is 13.0 Å². The third-order valence-corrected chi connectivity index (χ3v) is 3.51. The molecule has 0 spiro atoms. The van der Waals surface area contributed by atoms with Crippen molar-refractivity contribution in [1.82, 2.24) is 0 Å². The van der Waals surface area contributed by atoms with E-state index in [9.17, 15) is 9.59 Å². The Labute approximate surface area is 112 Å². The second-order valence-electron chi connectivity index (χ2n) is 4.65. The molecule has 0 heterocycles. The Hall–Kier alpha value is -1.84. The summed E-state index contributed by atoms with van der Waals surface area (Å²) in [6, 6.07) is 7.52. The highest BCUT2D eigenvalue weighted by molar-refractivity contribution is 5.90. The number of ketones is 1. The van der Waals surface area contributed by atoms with Gasteiger partial charge in [-0.1, -0.05) is 18.2 Å². The van der Waals surface area contributed by atoms with Crippen LogP contribution in [0.25, 0.3) is 0 Å². The first-order chi connectivity index (χ1) is 9.17. The van der Waals surface area contributed by atoms with E-state index >= 15 is 0 Å². The number of benzene rings is 1. The smallest absolute Gasteiger partial charge is 0.310 e. The fraction of sp³-hybridized carbons (Fsp3) is 0.467. The average molecular weight is 262 g/mol. The summed E-state index contributed by atoms with van der Waals surface area (Å²) in [4.78, 5) is 23.7. The second-order valence-corrected chi connectivity index (χ2v) is 4.65. The summed E-state index contributed by atoms with van der Waals surface area (Å²) in [6.07, 6.45) is 0.644. The van der Waals surface area contributed by atoms with Gasteiger partial charge in [0.05, 0.1) is 19.6 Å². The zero-order valence-corrected chi connectivity index (χ0v) is 11.2. The standard InChI is InChI=1S/C15H18O4/c1-3-19-15(17)13-9-10(16)8-12(13)11-6-4-5-7-14(11)18-2/h4-7,12-13H,3,8-9H2,1-2H3/t12?,13-/m0/s1. The maximum absolute atomic E-state index is 12.0. The number of Topliss-reactive ketones (excluding diaryl/α,β-unsaturated/α-hetero) is 1. The van der Waals surface area contributed by atoms with Gasteiger partial charge in [0.1, 0.15) is 11.5 Å². The number of methoxy groups -OCH3 is 1. The summed E-state index contributed by atoms with van der Waals surface area (Å²) < 4.78 is 10.4. The zero-order chi connectivity index (χ0) is 13.8. The molecule has 0 radical (unpaired) electrons. The molecule has 4 heteroatoms. The minimum atomic E-state index is -0.385. The summed E-state index contributed by atoms with van der Waals surface area (Å²) >= 11 is 0. The highest BCUT2D eigenvalue weighted by atomic mass is 16.5. The molecule has 0 amide bonds. The van der Waals surface area contributed by atoms with E-state index in [1.807, 2.05) is 24.3 Å². The lowest BCUT2D eigenvalue weighted by molar-refractivity contribution is -0.148. The maximum atomic E-state index is 12.0. The quantitative estimate of drug-likeness (QED) is 0.781. The third-order valence-electron chi connectivity index (χ3n) is 3.51. The number of hydrogen-bond donors (Lipinski definition) is 0. The molecule has 0 bridgehead atoms. The van der Waals surface area contributed by atoms with E-state index in [1.54, 1.807) is 14.0 Å². The fourth-order valence-corrected chi connectivity index (χ4v) is 2.65. The average Bonchev–Trinajstić information content (AvgIpc) is 2.81. The van der Waals surface area contributed by atoms with Crippen LogP contribution in [0.15, 0.2) is 24.3 Å². The molecule has 2 atom stereocenters. The van der Waals surface area contributed by atoms with Crippen LogP contribution in [-0.2, 0) is 14.3 Å². The molecule has 0 saturated heterocycles. The van der Waals surface area contributed by atoms with Gasteiger partial charge in [0.25, 0.3) is 0 Å². The first-order valence-electron chi connectivity index (χ1n) is 6.48. The van der Waals surface area contributed by atoms with Crippen molar-refractivity contribution in [2.75, 3.05) is 13.7 Å².